The summed E-state index contributed by atoms with van der Waals surface area (Å²) in [6.45, 7) is 7.97. The van der Waals surface area contributed by atoms with E-state index in [9.17, 15) is 10.1 Å². The number of hydrogen-bond donors (Lipinski definition) is 1. The molecule has 0 bridgehead atoms. The summed E-state index contributed by atoms with van der Waals surface area (Å²) in [5, 5.41) is 14.7. The second-order valence-electron chi connectivity index (χ2n) is 6.76. The van der Waals surface area contributed by atoms with Crippen LogP contribution in [-0.2, 0) is 4.74 Å². The first kappa shape index (κ1) is 19.8. The quantitative estimate of drug-likeness (QED) is 0.440. The molecule has 150 valence electrons. The molecule has 1 aliphatic heterocycles. The zero-order chi connectivity index (χ0) is 20.1. The van der Waals surface area contributed by atoms with Crippen molar-refractivity contribution in [3.63, 3.8) is 0 Å². The summed E-state index contributed by atoms with van der Waals surface area (Å²) in [6.07, 6.45) is 1.37. The van der Waals surface area contributed by atoms with E-state index in [-0.39, 0.29) is 11.5 Å². The van der Waals surface area contributed by atoms with E-state index in [1.807, 2.05) is 4.90 Å². The molecular weight excluding hydrogens is 360 g/mol. The number of nitro groups is 1. The number of nitrogens with one attached hydrogen (secondary N) is 1. The van der Waals surface area contributed by atoms with Gasteiger partial charge in [0.05, 0.1) is 11.5 Å². The topological polar surface area (TPSA) is 96.7 Å². The Labute approximate surface area is 164 Å². The summed E-state index contributed by atoms with van der Waals surface area (Å²) in [5.41, 5.74) is 3.67. The van der Waals surface area contributed by atoms with Crippen molar-refractivity contribution in [3.8, 4) is 0 Å². The molecule has 0 unspecified atom stereocenters. The standard InChI is InChI=1S/C19H26N6O3/c1-14-5-4-6-16(15(14)2)23-8-10-24(11-9-23)19-17(25(26)27)18(21-13-22-19)20-7-12-28-3/h4-6,13H,7-12H2,1-3H3,(H,20,21,22). The maximum atomic E-state index is 11.7. The van der Waals surface area contributed by atoms with Crippen LogP contribution in [0.4, 0.5) is 23.0 Å². The fourth-order valence-corrected chi connectivity index (χ4v) is 3.41. The second-order valence-corrected chi connectivity index (χ2v) is 6.76. The molecule has 1 aliphatic rings. The maximum absolute atomic E-state index is 11.7. The van der Waals surface area contributed by atoms with Gasteiger partial charge in [-0.3, -0.25) is 10.1 Å². The van der Waals surface area contributed by atoms with Crippen molar-refractivity contribution in [1.82, 2.24) is 9.97 Å². The average molecular weight is 386 g/mol. The van der Waals surface area contributed by atoms with Gasteiger partial charge < -0.3 is 19.9 Å². The van der Waals surface area contributed by atoms with Crippen molar-refractivity contribution in [2.24, 2.45) is 0 Å². The molecule has 0 atom stereocenters. The largest absolute Gasteiger partial charge is 0.383 e. The minimum absolute atomic E-state index is 0.0845. The third-order valence-electron chi connectivity index (χ3n) is 5.08. The molecular formula is C19H26N6O3. The van der Waals surface area contributed by atoms with Gasteiger partial charge >= 0.3 is 5.69 Å². The minimum atomic E-state index is -0.415. The van der Waals surface area contributed by atoms with Crippen LogP contribution in [0.3, 0.4) is 0 Å². The summed E-state index contributed by atoms with van der Waals surface area (Å²) < 4.78 is 4.99. The number of aryl methyl sites for hydroxylation is 1. The Morgan fingerprint density at radius 3 is 2.57 bits per heavy atom. The Balaban J connectivity index is 1.77. The Bertz CT molecular complexity index is 836. The summed E-state index contributed by atoms with van der Waals surface area (Å²) in [4.78, 5) is 23.9. The van der Waals surface area contributed by atoms with Gasteiger partial charge in [0, 0.05) is 45.5 Å². The predicted octanol–water partition coefficient (Wildman–Crippen LogP) is 2.39. The first-order chi connectivity index (χ1) is 13.5. The molecule has 2 aromatic rings. The van der Waals surface area contributed by atoms with Crippen LogP contribution >= 0.6 is 0 Å². The molecule has 3 rings (SSSR count). The third kappa shape index (κ3) is 4.14. The fourth-order valence-electron chi connectivity index (χ4n) is 3.41. The van der Waals surface area contributed by atoms with E-state index < -0.39 is 4.92 Å². The molecule has 0 spiro atoms. The molecule has 1 fully saturated rings. The average Bonchev–Trinajstić information content (AvgIpc) is 2.70. The van der Waals surface area contributed by atoms with Crippen LogP contribution in [0.1, 0.15) is 11.1 Å². The van der Waals surface area contributed by atoms with Gasteiger partial charge in [0.2, 0.25) is 11.6 Å². The zero-order valence-corrected chi connectivity index (χ0v) is 16.5. The fraction of sp³-hybridized carbons (Fsp3) is 0.474. The number of anilines is 3. The zero-order valence-electron chi connectivity index (χ0n) is 16.5. The molecule has 0 aliphatic carbocycles. The van der Waals surface area contributed by atoms with E-state index in [1.54, 1.807) is 7.11 Å². The van der Waals surface area contributed by atoms with Crippen molar-refractivity contribution in [3.05, 3.63) is 45.8 Å². The van der Waals surface area contributed by atoms with Crippen LogP contribution in [0.2, 0.25) is 0 Å². The van der Waals surface area contributed by atoms with Crippen LogP contribution in [0, 0.1) is 24.0 Å². The number of piperazine rings is 1. The lowest BCUT2D eigenvalue weighted by Gasteiger charge is -2.37. The van der Waals surface area contributed by atoms with E-state index in [2.05, 4.69) is 52.2 Å². The third-order valence-corrected chi connectivity index (χ3v) is 5.08. The van der Waals surface area contributed by atoms with Crippen molar-refractivity contribution >= 4 is 23.0 Å². The lowest BCUT2D eigenvalue weighted by atomic mass is 10.1. The van der Waals surface area contributed by atoms with Gasteiger partial charge in [0.25, 0.3) is 0 Å². The molecule has 28 heavy (non-hydrogen) atoms. The van der Waals surface area contributed by atoms with Gasteiger partial charge in [0.1, 0.15) is 6.33 Å². The van der Waals surface area contributed by atoms with Crippen molar-refractivity contribution < 1.29 is 9.66 Å². The van der Waals surface area contributed by atoms with Crippen LogP contribution in [0.5, 0.6) is 0 Å². The second kappa shape index (κ2) is 8.83. The highest BCUT2D eigenvalue weighted by Crippen LogP contribution is 2.33. The molecule has 0 amide bonds. The number of rotatable bonds is 7. The van der Waals surface area contributed by atoms with Gasteiger partial charge in [-0.2, -0.15) is 0 Å². The smallest absolute Gasteiger partial charge is 0.353 e. The van der Waals surface area contributed by atoms with E-state index in [4.69, 9.17) is 4.74 Å². The Kier molecular flexibility index (Phi) is 6.25. The number of aromatic nitrogens is 2. The summed E-state index contributed by atoms with van der Waals surface area (Å²) >= 11 is 0. The number of hydrogen-bond acceptors (Lipinski definition) is 8. The highest BCUT2D eigenvalue weighted by atomic mass is 16.6. The molecule has 9 nitrogen and oxygen atoms in total. The van der Waals surface area contributed by atoms with Crippen LogP contribution in [0.25, 0.3) is 0 Å². The SMILES string of the molecule is COCCNc1ncnc(N2CCN(c3cccc(C)c3C)CC2)c1[N+](=O)[O-]. The molecule has 0 saturated carbocycles. The lowest BCUT2D eigenvalue weighted by Crippen LogP contribution is -2.47. The number of benzene rings is 1. The molecule has 9 heteroatoms. The van der Waals surface area contributed by atoms with Crippen LogP contribution < -0.4 is 15.1 Å². The van der Waals surface area contributed by atoms with E-state index in [1.165, 1.54) is 23.1 Å². The lowest BCUT2D eigenvalue weighted by molar-refractivity contribution is -0.383. The van der Waals surface area contributed by atoms with Gasteiger partial charge in [-0.1, -0.05) is 12.1 Å². The highest BCUT2D eigenvalue weighted by Gasteiger charge is 2.29. The maximum Gasteiger partial charge on any atom is 0.353 e. The molecule has 1 N–H and O–H groups in total. The Hall–Kier alpha value is -2.94. The van der Waals surface area contributed by atoms with E-state index in [0.29, 0.717) is 32.1 Å². The molecule has 0 radical (unpaired) electrons. The van der Waals surface area contributed by atoms with Crippen LogP contribution in [0.15, 0.2) is 24.5 Å². The van der Waals surface area contributed by atoms with E-state index >= 15 is 0 Å². The molecule has 2 heterocycles. The van der Waals surface area contributed by atoms with Crippen molar-refractivity contribution in [2.45, 2.75) is 13.8 Å². The Morgan fingerprint density at radius 2 is 1.89 bits per heavy atom. The van der Waals surface area contributed by atoms with Crippen molar-refractivity contribution in [2.75, 3.05) is 61.6 Å². The molecule has 1 saturated heterocycles. The number of methoxy groups -OCH3 is 1. The van der Waals surface area contributed by atoms with Gasteiger partial charge in [0.15, 0.2) is 0 Å². The normalized spacial score (nSPS) is 14.2. The Morgan fingerprint density at radius 1 is 1.18 bits per heavy atom. The monoisotopic (exact) mass is 386 g/mol. The highest BCUT2D eigenvalue weighted by molar-refractivity contribution is 5.71. The first-order valence-corrected chi connectivity index (χ1v) is 9.31. The number of nitrogens with zero attached hydrogens (tertiary/aromatic N) is 5. The summed E-state index contributed by atoms with van der Waals surface area (Å²) in [5.74, 6) is 0.588. The first-order valence-electron chi connectivity index (χ1n) is 9.31. The number of ether oxygens (including phenoxy) is 1. The van der Waals surface area contributed by atoms with Crippen LogP contribution in [-0.4, -0.2) is 61.3 Å². The molecule has 1 aromatic heterocycles. The van der Waals surface area contributed by atoms with Gasteiger partial charge in [-0.05, 0) is 31.0 Å². The summed E-state index contributed by atoms with van der Waals surface area (Å²) in [6, 6.07) is 6.30. The molecule has 1 aromatic carbocycles. The minimum Gasteiger partial charge on any atom is -0.383 e. The van der Waals surface area contributed by atoms with Crippen molar-refractivity contribution in [1.29, 1.82) is 0 Å². The van der Waals surface area contributed by atoms with Gasteiger partial charge in [-0.25, -0.2) is 9.97 Å². The van der Waals surface area contributed by atoms with Gasteiger partial charge in [-0.15, -0.1) is 0 Å². The predicted molar refractivity (Wildman–Crippen MR) is 109 cm³/mol. The van der Waals surface area contributed by atoms with E-state index in [0.717, 1.165) is 13.1 Å². The summed E-state index contributed by atoms with van der Waals surface area (Å²) in [7, 11) is 1.58.